The molecule has 0 atom stereocenters. The van der Waals surface area contributed by atoms with Crippen molar-refractivity contribution in [3.8, 4) is 0 Å². The number of rotatable bonds is 4. The van der Waals surface area contributed by atoms with Crippen molar-refractivity contribution < 1.29 is 9.59 Å². The van der Waals surface area contributed by atoms with Gasteiger partial charge in [0.05, 0.1) is 0 Å². The number of amides is 2. The lowest BCUT2D eigenvalue weighted by Gasteiger charge is -2.13. The van der Waals surface area contributed by atoms with E-state index in [-0.39, 0.29) is 11.8 Å². The third-order valence-corrected chi connectivity index (χ3v) is 3.99. The number of likely N-dealkylation sites (tertiary alicyclic amines) is 1. The van der Waals surface area contributed by atoms with Crippen LogP contribution < -0.4 is 5.73 Å². The Hall–Kier alpha value is -1.20. The lowest BCUT2D eigenvalue weighted by molar-refractivity contribution is -0.137. The van der Waals surface area contributed by atoms with E-state index in [0.717, 1.165) is 4.90 Å². The maximum absolute atomic E-state index is 11.4. The number of halogens is 1. The number of thioether (sulfide) groups is 1. The molecule has 4 nitrogen and oxygen atoms in total. The lowest BCUT2D eigenvalue weighted by atomic mass is 10.3. The summed E-state index contributed by atoms with van der Waals surface area (Å²) in [6.45, 7) is 0.425. The van der Waals surface area contributed by atoms with Crippen molar-refractivity contribution >= 4 is 40.9 Å². The second kappa shape index (κ2) is 5.63. The fourth-order valence-corrected chi connectivity index (χ4v) is 2.93. The molecule has 1 saturated heterocycles. The Bertz CT molecular complexity index is 477. The third kappa shape index (κ3) is 2.97. The molecule has 0 aromatic heterocycles. The number of benzene rings is 1. The van der Waals surface area contributed by atoms with Crippen molar-refractivity contribution in [1.82, 2.24) is 4.90 Å². The molecule has 96 valence electrons. The van der Waals surface area contributed by atoms with E-state index in [1.807, 2.05) is 0 Å². The van der Waals surface area contributed by atoms with Crippen LogP contribution in [0, 0.1) is 0 Å². The van der Waals surface area contributed by atoms with Crippen molar-refractivity contribution in [2.75, 3.05) is 18.0 Å². The maximum Gasteiger partial charge on any atom is 0.229 e. The molecule has 1 fully saturated rings. The standard InChI is InChI=1S/C12H13ClN2O2S/c13-8-1-2-9(14)10(7-8)18-6-5-15-11(16)3-4-12(15)17/h1-2,7H,3-6,14H2. The van der Waals surface area contributed by atoms with Gasteiger partial charge in [0, 0.05) is 40.7 Å². The number of anilines is 1. The van der Waals surface area contributed by atoms with Gasteiger partial charge in [-0.15, -0.1) is 11.8 Å². The monoisotopic (exact) mass is 284 g/mol. The maximum atomic E-state index is 11.4. The Morgan fingerprint density at radius 1 is 1.28 bits per heavy atom. The van der Waals surface area contributed by atoms with E-state index in [2.05, 4.69) is 0 Å². The molecule has 2 amide bonds. The molecule has 1 aliphatic rings. The zero-order chi connectivity index (χ0) is 13.1. The van der Waals surface area contributed by atoms with E-state index in [0.29, 0.717) is 35.8 Å². The van der Waals surface area contributed by atoms with Crippen molar-refractivity contribution in [2.24, 2.45) is 0 Å². The summed E-state index contributed by atoms with van der Waals surface area (Å²) >= 11 is 7.38. The molecular formula is C12H13ClN2O2S. The topological polar surface area (TPSA) is 63.4 Å². The summed E-state index contributed by atoms with van der Waals surface area (Å²) in [6.07, 6.45) is 0.672. The zero-order valence-corrected chi connectivity index (χ0v) is 11.3. The van der Waals surface area contributed by atoms with Crippen LogP contribution in [0.15, 0.2) is 23.1 Å². The normalized spacial score (nSPS) is 15.5. The minimum atomic E-state index is -0.0836. The number of nitrogens with two attached hydrogens (primary N) is 1. The summed E-state index contributed by atoms with van der Waals surface area (Å²) in [5.74, 6) is 0.460. The first-order valence-electron chi connectivity index (χ1n) is 5.59. The Labute approximate surface area is 114 Å². The van der Waals surface area contributed by atoms with Gasteiger partial charge in [-0.3, -0.25) is 14.5 Å². The number of carbonyl (C=O) groups is 2. The quantitative estimate of drug-likeness (QED) is 0.523. The highest BCUT2D eigenvalue weighted by Crippen LogP contribution is 2.28. The smallest absolute Gasteiger partial charge is 0.229 e. The van der Waals surface area contributed by atoms with Crippen LogP contribution in [-0.4, -0.2) is 29.0 Å². The van der Waals surface area contributed by atoms with Crippen LogP contribution in [0.3, 0.4) is 0 Å². The number of carbonyl (C=O) groups excluding carboxylic acids is 2. The van der Waals surface area contributed by atoms with Crippen LogP contribution in [0.2, 0.25) is 5.02 Å². The third-order valence-electron chi connectivity index (χ3n) is 2.70. The first kappa shape index (κ1) is 13.2. The summed E-state index contributed by atoms with van der Waals surface area (Å²) < 4.78 is 0. The number of imide groups is 1. The van der Waals surface area contributed by atoms with Crippen LogP contribution in [0.25, 0.3) is 0 Å². The van der Waals surface area contributed by atoms with Gasteiger partial charge >= 0.3 is 0 Å². The van der Waals surface area contributed by atoms with E-state index < -0.39 is 0 Å². The molecule has 2 N–H and O–H groups in total. The zero-order valence-electron chi connectivity index (χ0n) is 9.69. The van der Waals surface area contributed by atoms with Crippen LogP contribution in [-0.2, 0) is 9.59 Å². The highest BCUT2D eigenvalue weighted by atomic mass is 35.5. The van der Waals surface area contributed by atoms with Crippen LogP contribution in [0.1, 0.15) is 12.8 Å². The molecule has 2 rings (SSSR count). The predicted molar refractivity (Wildman–Crippen MR) is 72.5 cm³/mol. The molecule has 18 heavy (non-hydrogen) atoms. The van der Waals surface area contributed by atoms with Gasteiger partial charge in [-0.1, -0.05) is 11.6 Å². The van der Waals surface area contributed by atoms with E-state index in [4.69, 9.17) is 17.3 Å². The number of nitrogens with zero attached hydrogens (tertiary/aromatic N) is 1. The Morgan fingerprint density at radius 3 is 2.61 bits per heavy atom. The molecule has 0 saturated carbocycles. The summed E-state index contributed by atoms with van der Waals surface area (Å²) in [5.41, 5.74) is 6.47. The van der Waals surface area contributed by atoms with E-state index in [9.17, 15) is 9.59 Å². The van der Waals surface area contributed by atoms with Gasteiger partial charge in [0.15, 0.2) is 0 Å². The largest absolute Gasteiger partial charge is 0.398 e. The van der Waals surface area contributed by atoms with Gasteiger partial charge in [0.25, 0.3) is 0 Å². The SMILES string of the molecule is Nc1ccc(Cl)cc1SCCN1C(=O)CCC1=O. The minimum absolute atomic E-state index is 0.0836. The van der Waals surface area contributed by atoms with Gasteiger partial charge in [-0.05, 0) is 18.2 Å². The van der Waals surface area contributed by atoms with Gasteiger partial charge in [0.2, 0.25) is 11.8 Å². The summed E-state index contributed by atoms with van der Waals surface area (Å²) in [4.78, 5) is 25.0. The summed E-state index contributed by atoms with van der Waals surface area (Å²) in [7, 11) is 0. The first-order valence-corrected chi connectivity index (χ1v) is 6.95. The van der Waals surface area contributed by atoms with Gasteiger partial charge in [0.1, 0.15) is 0 Å². The highest BCUT2D eigenvalue weighted by molar-refractivity contribution is 7.99. The molecule has 1 heterocycles. The van der Waals surface area contributed by atoms with Gasteiger partial charge in [-0.2, -0.15) is 0 Å². The Morgan fingerprint density at radius 2 is 1.94 bits per heavy atom. The first-order chi connectivity index (χ1) is 8.58. The number of hydrogen-bond acceptors (Lipinski definition) is 4. The van der Waals surface area contributed by atoms with Crippen molar-refractivity contribution in [1.29, 1.82) is 0 Å². The molecule has 0 unspecified atom stereocenters. The molecule has 0 bridgehead atoms. The predicted octanol–water partition coefficient (Wildman–Crippen LogP) is 2.16. The second-order valence-electron chi connectivity index (χ2n) is 3.97. The average molecular weight is 285 g/mol. The molecular weight excluding hydrogens is 272 g/mol. The second-order valence-corrected chi connectivity index (χ2v) is 5.54. The van der Waals surface area contributed by atoms with Crippen molar-refractivity contribution in [2.45, 2.75) is 17.7 Å². The number of hydrogen-bond donors (Lipinski definition) is 1. The van der Waals surface area contributed by atoms with Gasteiger partial charge in [-0.25, -0.2) is 0 Å². The summed E-state index contributed by atoms with van der Waals surface area (Å²) in [6, 6.07) is 5.26. The van der Waals surface area contributed by atoms with E-state index in [1.54, 1.807) is 18.2 Å². The van der Waals surface area contributed by atoms with E-state index in [1.165, 1.54) is 16.7 Å². The molecule has 0 aliphatic carbocycles. The Balaban J connectivity index is 1.90. The highest BCUT2D eigenvalue weighted by Gasteiger charge is 2.28. The average Bonchev–Trinajstić information content (AvgIpc) is 2.65. The molecule has 0 spiro atoms. The van der Waals surface area contributed by atoms with Crippen LogP contribution in [0.4, 0.5) is 5.69 Å². The van der Waals surface area contributed by atoms with Crippen molar-refractivity contribution in [3.05, 3.63) is 23.2 Å². The fourth-order valence-electron chi connectivity index (χ4n) is 1.75. The van der Waals surface area contributed by atoms with E-state index >= 15 is 0 Å². The fraction of sp³-hybridized carbons (Fsp3) is 0.333. The summed E-state index contributed by atoms with van der Waals surface area (Å²) in [5, 5.41) is 0.625. The molecule has 1 aromatic rings. The lowest BCUT2D eigenvalue weighted by Crippen LogP contribution is -2.31. The molecule has 1 aromatic carbocycles. The molecule has 6 heteroatoms. The molecule has 1 aliphatic heterocycles. The van der Waals surface area contributed by atoms with Gasteiger partial charge < -0.3 is 5.73 Å². The minimum Gasteiger partial charge on any atom is -0.398 e. The molecule has 0 radical (unpaired) electrons. The Kier molecular flexibility index (Phi) is 4.14. The number of nitrogen functional groups attached to an aromatic ring is 1. The van der Waals surface area contributed by atoms with Crippen LogP contribution >= 0.6 is 23.4 Å². The van der Waals surface area contributed by atoms with Crippen molar-refractivity contribution in [3.63, 3.8) is 0 Å². The van der Waals surface area contributed by atoms with Crippen LogP contribution in [0.5, 0.6) is 0 Å².